The van der Waals surface area contributed by atoms with Crippen LogP contribution >= 0.6 is 0 Å². The molecule has 0 amide bonds. The first-order chi connectivity index (χ1) is 11.8. The zero-order valence-corrected chi connectivity index (χ0v) is 13.7. The van der Waals surface area contributed by atoms with Gasteiger partial charge in [0.1, 0.15) is 5.65 Å². The van der Waals surface area contributed by atoms with Crippen LogP contribution in [0.2, 0.25) is 0 Å². The van der Waals surface area contributed by atoms with E-state index in [1.54, 1.807) is 12.1 Å². The van der Waals surface area contributed by atoms with Crippen molar-refractivity contribution < 1.29 is 9.53 Å². The lowest BCUT2D eigenvalue weighted by Gasteiger charge is -2.06. The smallest absolute Gasteiger partial charge is 0.338 e. The lowest BCUT2D eigenvalue weighted by atomic mass is 10.2. The summed E-state index contributed by atoms with van der Waals surface area (Å²) < 4.78 is 7.19. The number of nitrogens with zero attached hydrogens (tertiary/aromatic N) is 2. The molecular weight excluding hydrogens is 302 g/mol. The summed E-state index contributed by atoms with van der Waals surface area (Å²) in [5.74, 6) is -0.268. The minimum atomic E-state index is -0.268. The number of rotatable bonds is 7. The van der Waals surface area contributed by atoms with Gasteiger partial charge < -0.3 is 14.5 Å². The first-order valence-electron chi connectivity index (χ1n) is 8.20. The molecule has 24 heavy (non-hydrogen) atoms. The van der Waals surface area contributed by atoms with Crippen molar-refractivity contribution in [1.29, 1.82) is 0 Å². The Bertz CT molecular complexity index is 776. The molecule has 0 aliphatic heterocycles. The van der Waals surface area contributed by atoms with Gasteiger partial charge in [0.25, 0.3) is 0 Å². The molecule has 2 heterocycles. The van der Waals surface area contributed by atoms with Crippen LogP contribution < -0.4 is 5.32 Å². The van der Waals surface area contributed by atoms with Crippen molar-refractivity contribution in [2.75, 3.05) is 11.9 Å². The average Bonchev–Trinajstić information content (AvgIpc) is 3.03. The first kappa shape index (κ1) is 16.1. The zero-order valence-electron chi connectivity index (χ0n) is 13.7. The van der Waals surface area contributed by atoms with Crippen molar-refractivity contribution in [3.8, 4) is 0 Å². The van der Waals surface area contributed by atoms with Crippen molar-refractivity contribution in [1.82, 2.24) is 9.38 Å². The fourth-order valence-corrected chi connectivity index (χ4v) is 2.38. The van der Waals surface area contributed by atoms with Gasteiger partial charge in [-0.1, -0.05) is 19.4 Å². The zero-order chi connectivity index (χ0) is 16.8. The molecule has 0 atom stereocenters. The van der Waals surface area contributed by atoms with E-state index in [0.29, 0.717) is 18.7 Å². The number of pyridine rings is 1. The Morgan fingerprint density at radius 3 is 2.79 bits per heavy atom. The molecule has 1 N–H and O–H groups in total. The average molecular weight is 323 g/mol. The monoisotopic (exact) mass is 323 g/mol. The molecule has 3 aromatic rings. The summed E-state index contributed by atoms with van der Waals surface area (Å²) in [6.07, 6.45) is 5.89. The molecule has 1 aromatic carbocycles. The van der Waals surface area contributed by atoms with Crippen molar-refractivity contribution in [2.45, 2.75) is 26.3 Å². The van der Waals surface area contributed by atoms with Crippen LogP contribution in [0.4, 0.5) is 5.69 Å². The van der Waals surface area contributed by atoms with Crippen LogP contribution in [-0.2, 0) is 11.3 Å². The van der Waals surface area contributed by atoms with E-state index in [-0.39, 0.29) is 5.97 Å². The van der Waals surface area contributed by atoms with Crippen LogP contribution in [0.15, 0.2) is 54.9 Å². The van der Waals surface area contributed by atoms with E-state index in [2.05, 4.69) is 17.2 Å². The fraction of sp³-hybridized carbons (Fsp3) is 0.263. The molecule has 5 heteroatoms. The predicted molar refractivity (Wildman–Crippen MR) is 94.2 cm³/mol. The summed E-state index contributed by atoms with van der Waals surface area (Å²) in [5.41, 5.74) is 3.41. The van der Waals surface area contributed by atoms with Gasteiger partial charge in [-0.15, -0.1) is 0 Å². The van der Waals surface area contributed by atoms with Gasteiger partial charge in [-0.2, -0.15) is 0 Å². The van der Waals surface area contributed by atoms with E-state index < -0.39 is 0 Å². The number of ether oxygens (including phenoxy) is 1. The standard InChI is InChI=1S/C19H21N3O2/c1-2-3-12-24-19(23)15-7-9-16(10-8-15)20-13-17-14-22-11-5-4-6-18(22)21-17/h4-11,14,20H,2-3,12-13H2,1H3. The quantitative estimate of drug-likeness (QED) is 0.529. The van der Waals surface area contributed by atoms with Crippen LogP contribution in [0.1, 0.15) is 35.8 Å². The number of hydrogen-bond donors (Lipinski definition) is 1. The first-order valence-corrected chi connectivity index (χ1v) is 8.20. The molecule has 0 spiro atoms. The van der Waals surface area contributed by atoms with Gasteiger partial charge in [0.2, 0.25) is 0 Å². The second kappa shape index (κ2) is 7.64. The number of benzene rings is 1. The maximum absolute atomic E-state index is 11.9. The van der Waals surface area contributed by atoms with Crippen LogP contribution in [0, 0.1) is 0 Å². The van der Waals surface area contributed by atoms with Crippen LogP contribution in [0.5, 0.6) is 0 Å². The molecule has 5 nitrogen and oxygen atoms in total. The van der Waals surface area contributed by atoms with E-state index >= 15 is 0 Å². The molecular formula is C19H21N3O2. The highest BCUT2D eigenvalue weighted by molar-refractivity contribution is 5.89. The van der Waals surface area contributed by atoms with Gasteiger partial charge in [-0.3, -0.25) is 0 Å². The molecule has 0 unspecified atom stereocenters. The Balaban J connectivity index is 1.56. The van der Waals surface area contributed by atoms with E-state index in [1.165, 1.54) is 0 Å². The summed E-state index contributed by atoms with van der Waals surface area (Å²) in [7, 11) is 0. The third kappa shape index (κ3) is 3.93. The summed E-state index contributed by atoms with van der Waals surface area (Å²) in [4.78, 5) is 16.4. The summed E-state index contributed by atoms with van der Waals surface area (Å²) in [5, 5.41) is 3.31. The minimum absolute atomic E-state index is 0.268. The third-order valence-corrected chi connectivity index (χ3v) is 3.74. The van der Waals surface area contributed by atoms with E-state index in [4.69, 9.17) is 4.74 Å². The van der Waals surface area contributed by atoms with E-state index in [1.807, 2.05) is 47.1 Å². The molecule has 0 bridgehead atoms. The van der Waals surface area contributed by atoms with E-state index in [0.717, 1.165) is 29.9 Å². The number of carbonyl (C=O) groups is 1. The maximum atomic E-state index is 11.9. The van der Waals surface area contributed by atoms with Crippen LogP contribution in [-0.4, -0.2) is 22.0 Å². The SMILES string of the molecule is CCCCOC(=O)c1ccc(NCc2cn3ccccc3n2)cc1. The third-order valence-electron chi connectivity index (χ3n) is 3.74. The highest BCUT2D eigenvalue weighted by Crippen LogP contribution is 2.13. The van der Waals surface area contributed by atoms with Gasteiger partial charge in [0, 0.05) is 18.1 Å². The van der Waals surface area contributed by atoms with Gasteiger partial charge in [0.15, 0.2) is 0 Å². The minimum Gasteiger partial charge on any atom is -0.462 e. The van der Waals surface area contributed by atoms with Gasteiger partial charge in [0.05, 0.1) is 24.4 Å². The van der Waals surface area contributed by atoms with Gasteiger partial charge in [-0.25, -0.2) is 9.78 Å². The van der Waals surface area contributed by atoms with Crippen LogP contribution in [0.25, 0.3) is 5.65 Å². The van der Waals surface area contributed by atoms with Crippen LogP contribution in [0.3, 0.4) is 0 Å². The summed E-state index contributed by atoms with van der Waals surface area (Å²) in [6, 6.07) is 13.2. The lowest BCUT2D eigenvalue weighted by Crippen LogP contribution is -2.06. The Hall–Kier alpha value is -2.82. The fourth-order valence-electron chi connectivity index (χ4n) is 2.38. The van der Waals surface area contributed by atoms with Gasteiger partial charge >= 0.3 is 5.97 Å². The number of hydrogen-bond acceptors (Lipinski definition) is 4. The molecule has 0 saturated carbocycles. The van der Waals surface area contributed by atoms with E-state index in [9.17, 15) is 4.79 Å². The number of fused-ring (bicyclic) bond motifs is 1. The molecule has 0 fully saturated rings. The number of carbonyl (C=O) groups excluding carboxylic acids is 1. The largest absolute Gasteiger partial charge is 0.462 e. The second-order valence-electron chi connectivity index (χ2n) is 5.62. The number of imidazole rings is 1. The number of unbranched alkanes of at least 4 members (excludes halogenated alkanes) is 1. The van der Waals surface area contributed by atoms with Crippen molar-refractivity contribution in [2.24, 2.45) is 0 Å². The summed E-state index contributed by atoms with van der Waals surface area (Å²) in [6.45, 7) is 3.17. The normalized spacial score (nSPS) is 10.7. The highest BCUT2D eigenvalue weighted by atomic mass is 16.5. The topological polar surface area (TPSA) is 55.6 Å². The second-order valence-corrected chi connectivity index (χ2v) is 5.62. The molecule has 124 valence electrons. The molecule has 0 aliphatic rings. The lowest BCUT2D eigenvalue weighted by molar-refractivity contribution is 0.0500. The van der Waals surface area contributed by atoms with Crippen molar-refractivity contribution in [3.05, 3.63) is 66.1 Å². The number of esters is 1. The molecule has 0 aliphatic carbocycles. The van der Waals surface area contributed by atoms with Gasteiger partial charge in [-0.05, 0) is 42.8 Å². The Morgan fingerprint density at radius 1 is 1.21 bits per heavy atom. The Kier molecular flexibility index (Phi) is 5.11. The molecule has 2 aromatic heterocycles. The highest BCUT2D eigenvalue weighted by Gasteiger charge is 2.06. The van der Waals surface area contributed by atoms with Crippen molar-refractivity contribution in [3.63, 3.8) is 0 Å². The number of nitrogens with one attached hydrogen (secondary N) is 1. The molecule has 0 radical (unpaired) electrons. The molecule has 3 rings (SSSR count). The Labute approximate surface area is 141 Å². The summed E-state index contributed by atoms with van der Waals surface area (Å²) >= 11 is 0. The molecule has 0 saturated heterocycles. The predicted octanol–water partition coefficient (Wildman–Crippen LogP) is 3.90. The van der Waals surface area contributed by atoms with Crippen molar-refractivity contribution >= 4 is 17.3 Å². The Morgan fingerprint density at radius 2 is 2.04 bits per heavy atom. The number of aromatic nitrogens is 2. The number of anilines is 1. The maximum Gasteiger partial charge on any atom is 0.338 e.